The summed E-state index contributed by atoms with van der Waals surface area (Å²) in [5.74, 6) is -13.3. The number of unbranched alkanes of at least 4 members (excludes halogenated alkanes) is 1. The number of carboxylic acids is 2. The largest absolute Gasteiger partial charge is 0.481 e. The average molecular weight is 1330 g/mol. The standard InChI is InChI=1S/C68H91N13O15/c1-6-39(4)57(66(93)79-54(68(95)96)33-43-24-14-9-15-25-43)80-65(92)53(36-56(84)85)77-63(90)52(34-44-37-72-47-27-17-16-26-45(44)47)76-62(89)50(31-41-20-10-7-11-21-41)75-60(87)48(28-18-19-29-69)73-61(88)49(30-38(2)3)78-67(94)58(40(5)82)81-64(91)51(32-42-22-12-8-13-23-42)74-59(86)46(70)35-55(71)83/h7-17,20-27,37-40,46,48-54,57-58,72,82H,6,18-19,28-36,69-70H2,1-5H3,(H2,71,83)(H,73,88)(H,74,86)(H,75,87)(H,76,89)(H,77,90)(H,78,94)(H,79,93)(H,80,92)(H,81,91)(H,84,85)(H,95,96)/t39-,40+,46-,48-,49-,50-,51-,52-,53-,54-,57-,58-/m0/s1. The van der Waals surface area contributed by atoms with Gasteiger partial charge in [0.2, 0.25) is 59.1 Å². The number of para-hydroxylation sites is 1. The zero-order valence-electron chi connectivity index (χ0n) is 54.5. The van der Waals surface area contributed by atoms with Crippen LogP contribution >= 0.6 is 0 Å². The van der Waals surface area contributed by atoms with Gasteiger partial charge in [-0.15, -0.1) is 0 Å². The molecule has 5 rings (SSSR count). The van der Waals surface area contributed by atoms with Gasteiger partial charge in [-0.05, 0) is 79.3 Å². The second-order valence-corrected chi connectivity index (χ2v) is 24.3. The van der Waals surface area contributed by atoms with Crippen molar-refractivity contribution >= 4 is 81.9 Å². The third-order valence-corrected chi connectivity index (χ3v) is 16.0. The summed E-state index contributed by atoms with van der Waals surface area (Å²) < 4.78 is 0. The number of aliphatic hydroxyl groups excluding tert-OH is 1. The number of rotatable bonds is 40. The number of carbonyl (C=O) groups is 12. The Kier molecular flexibility index (Phi) is 30.6. The minimum atomic E-state index is -1.88. The van der Waals surface area contributed by atoms with E-state index in [1.807, 2.05) is 0 Å². The smallest absolute Gasteiger partial charge is 0.326 e. The normalized spacial score (nSPS) is 15.0. The zero-order valence-corrected chi connectivity index (χ0v) is 54.5. The van der Waals surface area contributed by atoms with Gasteiger partial charge in [-0.3, -0.25) is 52.7 Å². The van der Waals surface area contributed by atoms with Crippen LogP contribution in [-0.4, -0.2) is 164 Å². The highest BCUT2D eigenvalue weighted by molar-refractivity contribution is 6.00. The van der Waals surface area contributed by atoms with Crippen LogP contribution in [0.1, 0.15) is 102 Å². The molecule has 1 aromatic heterocycles. The second kappa shape index (κ2) is 38.3. The van der Waals surface area contributed by atoms with Crippen LogP contribution in [0.15, 0.2) is 121 Å². The maximum Gasteiger partial charge on any atom is 0.326 e. The summed E-state index contributed by atoms with van der Waals surface area (Å²) in [6.45, 7) is 8.25. The molecule has 19 N–H and O–H groups in total. The van der Waals surface area contributed by atoms with Crippen molar-refractivity contribution in [3.8, 4) is 0 Å². The number of aliphatic hydroxyl groups is 1. The highest BCUT2D eigenvalue weighted by Crippen LogP contribution is 2.21. The fourth-order valence-corrected chi connectivity index (χ4v) is 10.6. The van der Waals surface area contributed by atoms with E-state index in [1.165, 1.54) is 6.92 Å². The fraction of sp³-hybridized carbons (Fsp3) is 0.441. The van der Waals surface area contributed by atoms with Crippen LogP contribution < -0.4 is 65.1 Å². The van der Waals surface area contributed by atoms with Gasteiger partial charge in [0.15, 0.2) is 0 Å². The van der Waals surface area contributed by atoms with E-state index in [0.29, 0.717) is 39.6 Å². The average Bonchev–Trinajstić information content (AvgIpc) is 1.71. The predicted molar refractivity (Wildman–Crippen MR) is 355 cm³/mol. The number of fused-ring (bicyclic) bond motifs is 1. The monoisotopic (exact) mass is 1330 g/mol. The lowest BCUT2D eigenvalue weighted by Gasteiger charge is -2.29. The molecule has 5 aromatic rings. The number of aromatic amines is 1. The lowest BCUT2D eigenvalue weighted by atomic mass is 9.96. The number of amides is 10. The lowest BCUT2D eigenvalue weighted by Crippen LogP contribution is -2.62. The quantitative estimate of drug-likeness (QED) is 0.0232. The number of primary amides is 1. The molecule has 28 nitrogen and oxygen atoms in total. The summed E-state index contributed by atoms with van der Waals surface area (Å²) in [5.41, 5.74) is 19.9. The number of carboxylic acid groups (broad SMARTS) is 2. The molecule has 0 fully saturated rings. The maximum absolute atomic E-state index is 15.1. The van der Waals surface area contributed by atoms with Gasteiger partial charge in [0.1, 0.15) is 54.4 Å². The molecule has 518 valence electrons. The van der Waals surface area contributed by atoms with Gasteiger partial charge in [0.05, 0.1) is 25.0 Å². The highest BCUT2D eigenvalue weighted by atomic mass is 16.4. The summed E-state index contributed by atoms with van der Waals surface area (Å²) in [6, 6.07) is 17.2. The van der Waals surface area contributed by atoms with Crippen molar-refractivity contribution in [3.05, 3.63) is 144 Å². The van der Waals surface area contributed by atoms with E-state index in [0.717, 1.165) is 0 Å². The van der Waals surface area contributed by atoms with Crippen LogP contribution in [-0.2, 0) is 83.2 Å². The molecule has 28 heteroatoms. The Hall–Kier alpha value is -10.1. The van der Waals surface area contributed by atoms with Gasteiger partial charge >= 0.3 is 11.9 Å². The number of aliphatic carboxylic acids is 2. The Bertz CT molecular complexity index is 3450. The zero-order chi connectivity index (χ0) is 70.6. The Morgan fingerprint density at radius 2 is 0.885 bits per heavy atom. The Balaban J connectivity index is 1.43. The van der Waals surface area contributed by atoms with Crippen molar-refractivity contribution in [1.29, 1.82) is 0 Å². The first-order chi connectivity index (χ1) is 45.7. The molecular formula is C68H91N13O15. The number of nitrogens with one attached hydrogen (secondary N) is 10. The Morgan fingerprint density at radius 3 is 1.39 bits per heavy atom. The molecule has 12 atom stereocenters. The molecule has 0 aliphatic rings. The Morgan fingerprint density at radius 1 is 0.469 bits per heavy atom. The number of hydrogen-bond acceptors (Lipinski definition) is 15. The van der Waals surface area contributed by atoms with E-state index in [4.69, 9.17) is 17.2 Å². The van der Waals surface area contributed by atoms with Gasteiger partial charge in [0, 0.05) is 42.8 Å². The molecule has 0 saturated carbocycles. The van der Waals surface area contributed by atoms with E-state index in [-0.39, 0.29) is 63.8 Å². The van der Waals surface area contributed by atoms with Crippen molar-refractivity contribution in [3.63, 3.8) is 0 Å². The number of benzene rings is 4. The van der Waals surface area contributed by atoms with Gasteiger partial charge < -0.3 is 85.4 Å². The van der Waals surface area contributed by atoms with Crippen molar-refractivity contribution in [2.24, 2.45) is 29.0 Å². The summed E-state index contributed by atoms with van der Waals surface area (Å²) in [6.07, 6.45) is -1.38. The first-order valence-corrected chi connectivity index (χ1v) is 31.9. The third kappa shape index (κ3) is 24.7. The van der Waals surface area contributed by atoms with E-state index in [9.17, 15) is 68.1 Å². The molecule has 0 aliphatic carbocycles. The maximum atomic E-state index is 15.1. The van der Waals surface area contributed by atoms with Gasteiger partial charge in [-0.1, -0.05) is 143 Å². The van der Waals surface area contributed by atoms with Crippen molar-refractivity contribution in [2.45, 2.75) is 172 Å². The van der Waals surface area contributed by atoms with E-state index < -0.39 is 156 Å². The first-order valence-electron chi connectivity index (χ1n) is 31.9. The molecule has 0 radical (unpaired) electrons. The van der Waals surface area contributed by atoms with Crippen molar-refractivity contribution < 1.29 is 72.9 Å². The van der Waals surface area contributed by atoms with Crippen LogP contribution in [0, 0.1) is 11.8 Å². The lowest BCUT2D eigenvalue weighted by molar-refractivity contribution is -0.143. The number of nitrogens with two attached hydrogens (primary N) is 3. The SMILES string of the molecule is CC[C@H](C)[C@H](NC(=O)[C@H](CC(=O)O)NC(=O)[C@H](Cc1c[nH]c2ccccc12)NC(=O)[C@H](Cc1ccccc1)NC(=O)[C@H](CCCCN)NC(=O)[C@H](CC(C)C)NC(=O)[C@@H](NC(=O)[C@H](Cc1ccccc1)NC(=O)[C@@H](N)CC(N)=O)[C@@H](C)O)C(=O)N[C@@H](Cc1ccccc1)C(=O)O. The number of carbonyl (C=O) groups excluding carboxylic acids is 10. The van der Waals surface area contributed by atoms with Crippen LogP contribution in [0.5, 0.6) is 0 Å². The molecule has 4 aromatic carbocycles. The molecule has 10 amide bonds. The van der Waals surface area contributed by atoms with Crippen molar-refractivity contribution in [1.82, 2.24) is 52.8 Å². The molecule has 0 aliphatic heterocycles. The Labute approximate surface area is 556 Å². The number of aromatic nitrogens is 1. The summed E-state index contributed by atoms with van der Waals surface area (Å²) in [5, 5.41) is 55.1. The van der Waals surface area contributed by atoms with Gasteiger partial charge in [0.25, 0.3) is 0 Å². The molecule has 1 heterocycles. The van der Waals surface area contributed by atoms with Crippen molar-refractivity contribution in [2.75, 3.05) is 6.54 Å². The van der Waals surface area contributed by atoms with Crippen LogP contribution in [0.2, 0.25) is 0 Å². The summed E-state index contributed by atoms with van der Waals surface area (Å²) in [7, 11) is 0. The predicted octanol–water partition coefficient (Wildman–Crippen LogP) is 0.166. The second-order valence-electron chi connectivity index (χ2n) is 24.3. The minimum Gasteiger partial charge on any atom is -0.481 e. The number of hydrogen-bond donors (Lipinski definition) is 16. The van der Waals surface area contributed by atoms with Crippen LogP contribution in [0.25, 0.3) is 10.9 Å². The molecule has 0 spiro atoms. The van der Waals surface area contributed by atoms with E-state index in [2.05, 4.69) is 52.8 Å². The molecule has 0 bridgehead atoms. The molecular weight excluding hydrogens is 1240 g/mol. The fourth-order valence-electron chi connectivity index (χ4n) is 10.6. The highest BCUT2D eigenvalue weighted by Gasteiger charge is 2.38. The summed E-state index contributed by atoms with van der Waals surface area (Å²) in [4.78, 5) is 169. The third-order valence-electron chi connectivity index (χ3n) is 16.0. The molecule has 0 unspecified atom stereocenters. The molecule has 0 saturated heterocycles. The van der Waals surface area contributed by atoms with E-state index >= 15 is 4.79 Å². The molecule has 96 heavy (non-hydrogen) atoms. The first kappa shape index (κ1) is 76.7. The van der Waals surface area contributed by atoms with Crippen LogP contribution in [0.3, 0.4) is 0 Å². The van der Waals surface area contributed by atoms with Crippen LogP contribution in [0.4, 0.5) is 0 Å². The summed E-state index contributed by atoms with van der Waals surface area (Å²) >= 11 is 0. The van der Waals surface area contributed by atoms with Gasteiger partial charge in [-0.2, -0.15) is 0 Å². The topological polar surface area (TPSA) is 468 Å². The minimum absolute atomic E-state index is 0.0380. The number of H-pyrrole nitrogens is 1. The van der Waals surface area contributed by atoms with Gasteiger partial charge in [-0.25, -0.2) is 4.79 Å². The van der Waals surface area contributed by atoms with E-state index in [1.54, 1.807) is 149 Å².